The molecule has 0 atom stereocenters. The summed E-state index contributed by atoms with van der Waals surface area (Å²) in [5.74, 6) is 0.986. The number of anilines is 3. The zero-order chi connectivity index (χ0) is 17.6. The van der Waals surface area contributed by atoms with Crippen molar-refractivity contribution in [2.75, 3.05) is 17.7 Å². The molecule has 0 aliphatic carbocycles. The van der Waals surface area contributed by atoms with E-state index in [1.165, 1.54) is 0 Å². The minimum absolute atomic E-state index is 0.242. The zero-order valence-electron chi connectivity index (χ0n) is 14.0. The van der Waals surface area contributed by atoms with E-state index in [2.05, 4.69) is 20.8 Å². The number of amides is 1. The minimum atomic E-state index is -0.319. The summed E-state index contributed by atoms with van der Waals surface area (Å²) < 4.78 is 5.09. The van der Waals surface area contributed by atoms with Crippen molar-refractivity contribution in [1.82, 2.24) is 10.2 Å². The van der Waals surface area contributed by atoms with E-state index in [1.807, 2.05) is 31.2 Å². The van der Waals surface area contributed by atoms with Crippen molar-refractivity contribution in [2.24, 2.45) is 0 Å². The molecule has 1 heterocycles. The highest BCUT2D eigenvalue weighted by Gasteiger charge is 2.09. The number of para-hydroxylation sites is 1. The van der Waals surface area contributed by atoms with Crippen molar-refractivity contribution < 1.29 is 9.53 Å². The lowest BCUT2D eigenvalue weighted by Gasteiger charge is -2.08. The third kappa shape index (κ3) is 4.11. The van der Waals surface area contributed by atoms with Gasteiger partial charge in [0.1, 0.15) is 5.75 Å². The molecule has 0 saturated carbocycles. The standard InChI is InChI=1S/C19H18N4O2/c1-13-5-3-4-6-16(13)21-18-12-11-17(22-23-18)19(24)20-14-7-9-15(25-2)10-8-14/h3-12H,1-2H3,(H,20,24)(H,21,23). The Balaban J connectivity index is 1.66. The van der Waals surface area contributed by atoms with Crippen LogP contribution in [0.1, 0.15) is 16.1 Å². The molecule has 0 saturated heterocycles. The predicted octanol–water partition coefficient (Wildman–Crippen LogP) is 3.79. The van der Waals surface area contributed by atoms with Crippen LogP contribution in [0, 0.1) is 6.92 Å². The highest BCUT2D eigenvalue weighted by molar-refractivity contribution is 6.02. The van der Waals surface area contributed by atoms with Crippen LogP contribution in [0.2, 0.25) is 0 Å². The third-order valence-corrected chi connectivity index (χ3v) is 3.65. The Hall–Kier alpha value is -3.41. The number of benzene rings is 2. The molecule has 6 nitrogen and oxygen atoms in total. The summed E-state index contributed by atoms with van der Waals surface area (Å²) in [6.45, 7) is 2.01. The van der Waals surface area contributed by atoms with Crippen molar-refractivity contribution in [3.8, 4) is 5.75 Å². The Morgan fingerprint density at radius 1 is 0.960 bits per heavy atom. The van der Waals surface area contributed by atoms with Crippen molar-refractivity contribution in [3.05, 3.63) is 71.9 Å². The van der Waals surface area contributed by atoms with Crippen LogP contribution in [-0.2, 0) is 0 Å². The van der Waals surface area contributed by atoms with Crippen molar-refractivity contribution in [2.45, 2.75) is 6.92 Å². The first-order valence-corrected chi connectivity index (χ1v) is 7.77. The van der Waals surface area contributed by atoms with E-state index in [4.69, 9.17) is 4.74 Å². The third-order valence-electron chi connectivity index (χ3n) is 3.65. The Morgan fingerprint density at radius 3 is 2.36 bits per heavy atom. The number of rotatable bonds is 5. The number of ether oxygens (including phenoxy) is 1. The Labute approximate surface area is 145 Å². The van der Waals surface area contributed by atoms with Gasteiger partial charge in [-0.15, -0.1) is 10.2 Å². The topological polar surface area (TPSA) is 76.1 Å². The molecular weight excluding hydrogens is 316 g/mol. The van der Waals surface area contributed by atoms with Crippen LogP contribution < -0.4 is 15.4 Å². The molecule has 3 rings (SSSR count). The second-order valence-corrected chi connectivity index (χ2v) is 5.43. The molecule has 1 amide bonds. The number of nitrogens with zero attached hydrogens (tertiary/aromatic N) is 2. The van der Waals surface area contributed by atoms with Crippen molar-refractivity contribution >= 4 is 23.1 Å². The van der Waals surface area contributed by atoms with Gasteiger partial charge in [-0.05, 0) is 55.0 Å². The Kier molecular flexibility index (Phi) is 4.89. The maximum absolute atomic E-state index is 12.2. The molecule has 2 N–H and O–H groups in total. The van der Waals surface area contributed by atoms with Crippen LogP contribution in [-0.4, -0.2) is 23.2 Å². The van der Waals surface area contributed by atoms with Gasteiger partial charge < -0.3 is 15.4 Å². The molecule has 2 aromatic carbocycles. The van der Waals surface area contributed by atoms with Crippen LogP contribution in [0.3, 0.4) is 0 Å². The number of methoxy groups -OCH3 is 1. The van der Waals surface area contributed by atoms with E-state index in [-0.39, 0.29) is 11.6 Å². The number of hydrogen-bond acceptors (Lipinski definition) is 5. The molecule has 0 spiro atoms. The van der Waals surface area contributed by atoms with E-state index in [0.29, 0.717) is 11.5 Å². The highest BCUT2D eigenvalue weighted by Crippen LogP contribution is 2.18. The van der Waals surface area contributed by atoms with Crippen LogP contribution in [0.4, 0.5) is 17.2 Å². The van der Waals surface area contributed by atoms with Gasteiger partial charge in [0.15, 0.2) is 11.5 Å². The first-order valence-electron chi connectivity index (χ1n) is 7.77. The fourth-order valence-electron chi connectivity index (χ4n) is 2.24. The van der Waals surface area contributed by atoms with E-state index >= 15 is 0 Å². The van der Waals surface area contributed by atoms with Crippen LogP contribution in [0.15, 0.2) is 60.7 Å². The predicted molar refractivity (Wildman–Crippen MR) is 97.4 cm³/mol. The number of aromatic nitrogens is 2. The molecule has 0 aliphatic heterocycles. The molecule has 0 radical (unpaired) electrons. The summed E-state index contributed by atoms with van der Waals surface area (Å²) in [4.78, 5) is 12.2. The van der Waals surface area contributed by atoms with Crippen molar-refractivity contribution in [1.29, 1.82) is 0 Å². The lowest BCUT2D eigenvalue weighted by atomic mass is 10.2. The van der Waals surface area contributed by atoms with Gasteiger partial charge in [0.25, 0.3) is 5.91 Å². The fourth-order valence-corrected chi connectivity index (χ4v) is 2.24. The molecule has 0 fully saturated rings. The highest BCUT2D eigenvalue weighted by atomic mass is 16.5. The van der Waals surface area contributed by atoms with Crippen LogP contribution in [0.25, 0.3) is 0 Å². The molecule has 25 heavy (non-hydrogen) atoms. The zero-order valence-corrected chi connectivity index (χ0v) is 14.0. The summed E-state index contributed by atoms with van der Waals surface area (Å²) in [6, 6.07) is 18.3. The lowest BCUT2D eigenvalue weighted by Crippen LogP contribution is -2.14. The van der Waals surface area contributed by atoms with Crippen molar-refractivity contribution in [3.63, 3.8) is 0 Å². The fraction of sp³-hybridized carbons (Fsp3) is 0.105. The van der Waals surface area contributed by atoms with Crippen LogP contribution in [0.5, 0.6) is 5.75 Å². The van der Waals surface area contributed by atoms with Gasteiger partial charge in [0.2, 0.25) is 0 Å². The average Bonchev–Trinajstić information content (AvgIpc) is 2.65. The quantitative estimate of drug-likeness (QED) is 0.742. The Morgan fingerprint density at radius 2 is 1.72 bits per heavy atom. The minimum Gasteiger partial charge on any atom is -0.497 e. The SMILES string of the molecule is COc1ccc(NC(=O)c2ccc(Nc3ccccc3C)nn2)cc1. The first kappa shape index (κ1) is 16.4. The second-order valence-electron chi connectivity index (χ2n) is 5.43. The van der Waals surface area contributed by atoms with Gasteiger partial charge in [-0.1, -0.05) is 18.2 Å². The molecule has 0 bridgehead atoms. The molecular formula is C19H18N4O2. The molecule has 0 aliphatic rings. The summed E-state index contributed by atoms with van der Waals surface area (Å²) in [5, 5.41) is 14.0. The van der Waals surface area contributed by atoms with Crippen LogP contribution >= 0.6 is 0 Å². The summed E-state index contributed by atoms with van der Waals surface area (Å²) in [5.41, 5.74) is 2.96. The smallest absolute Gasteiger partial charge is 0.276 e. The lowest BCUT2D eigenvalue weighted by molar-refractivity contribution is 0.102. The average molecular weight is 334 g/mol. The molecule has 1 aromatic heterocycles. The number of nitrogens with one attached hydrogen (secondary N) is 2. The molecule has 6 heteroatoms. The molecule has 0 unspecified atom stereocenters. The largest absolute Gasteiger partial charge is 0.497 e. The number of carbonyl (C=O) groups is 1. The van der Waals surface area contributed by atoms with Gasteiger partial charge in [-0.25, -0.2) is 0 Å². The summed E-state index contributed by atoms with van der Waals surface area (Å²) >= 11 is 0. The maximum atomic E-state index is 12.2. The van der Waals surface area contributed by atoms with E-state index in [1.54, 1.807) is 43.5 Å². The second kappa shape index (κ2) is 7.44. The van der Waals surface area contributed by atoms with E-state index in [0.717, 1.165) is 17.0 Å². The summed E-state index contributed by atoms with van der Waals surface area (Å²) in [6.07, 6.45) is 0. The monoisotopic (exact) mass is 334 g/mol. The normalized spacial score (nSPS) is 10.2. The first-order chi connectivity index (χ1) is 12.2. The number of carbonyl (C=O) groups excluding carboxylic acids is 1. The van der Waals surface area contributed by atoms with E-state index < -0.39 is 0 Å². The number of aryl methyl sites for hydroxylation is 1. The van der Waals surface area contributed by atoms with Gasteiger partial charge in [-0.3, -0.25) is 4.79 Å². The van der Waals surface area contributed by atoms with Gasteiger partial charge in [0, 0.05) is 11.4 Å². The number of hydrogen-bond donors (Lipinski definition) is 2. The molecule has 3 aromatic rings. The molecule has 126 valence electrons. The maximum Gasteiger partial charge on any atom is 0.276 e. The van der Waals surface area contributed by atoms with Gasteiger partial charge >= 0.3 is 0 Å². The van der Waals surface area contributed by atoms with E-state index in [9.17, 15) is 4.79 Å². The summed E-state index contributed by atoms with van der Waals surface area (Å²) in [7, 11) is 1.59. The van der Waals surface area contributed by atoms with Gasteiger partial charge in [0.05, 0.1) is 7.11 Å². The Bertz CT molecular complexity index is 861. The van der Waals surface area contributed by atoms with Gasteiger partial charge in [-0.2, -0.15) is 0 Å².